The van der Waals surface area contributed by atoms with Crippen molar-refractivity contribution in [3.63, 3.8) is 0 Å². The topological polar surface area (TPSA) is 70.5 Å². The van der Waals surface area contributed by atoms with Crippen molar-refractivity contribution in [3.8, 4) is 0 Å². The molecule has 0 bridgehead atoms. The van der Waals surface area contributed by atoms with E-state index in [1.807, 2.05) is 13.1 Å². The first kappa shape index (κ1) is 16.2. The zero-order chi connectivity index (χ0) is 17.1. The number of anilines is 1. The van der Waals surface area contributed by atoms with Crippen LogP contribution < -0.4 is 5.32 Å². The van der Waals surface area contributed by atoms with Crippen LogP contribution in [0.5, 0.6) is 0 Å². The van der Waals surface area contributed by atoms with Crippen molar-refractivity contribution >= 4 is 17.6 Å². The highest BCUT2D eigenvalue weighted by molar-refractivity contribution is 6.04. The Morgan fingerprint density at radius 3 is 2.38 bits per heavy atom. The predicted octanol–water partition coefficient (Wildman–Crippen LogP) is 1.06. The standard InChI is InChI=1S/C17H21N5O2/c1-20-8-10-22(11-9-20)17(24)14-12-15(21(2)19-14)18-16(23)13-6-4-3-5-7-13/h3-7,12H,8-11H2,1-2H3,(H,18,23). The molecule has 1 N–H and O–H groups in total. The summed E-state index contributed by atoms with van der Waals surface area (Å²) in [6.07, 6.45) is 0. The van der Waals surface area contributed by atoms with Gasteiger partial charge in [-0.3, -0.25) is 14.3 Å². The molecule has 7 heteroatoms. The number of aryl methyl sites for hydroxylation is 1. The maximum absolute atomic E-state index is 12.5. The van der Waals surface area contributed by atoms with E-state index in [1.54, 1.807) is 42.3 Å². The highest BCUT2D eigenvalue weighted by atomic mass is 16.2. The first-order valence-electron chi connectivity index (χ1n) is 7.93. The van der Waals surface area contributed by atoms with Crippen LogP contribution in [0.25, 0.3) is 0 Å². The Hall–Kier alpha value is -2.67. The highest BCUT2D eigenvalue weighted by Crippen LogP contribution is 2.14. The fourth-order valence-electron chi connectivity index (χ4n) is 2.64. The van der Waals surface area contributed by atoms with Crippen LogP contribution in [0, 0.1) is 0 Å². The van der Waals surface area contributed by atoms with Gasteiger partial charge in [-0.25, -0.2) is 0 Å². The molecule has 0 atom stereocenters. The van der Waals surface area contributed by atoms with E-state index in [4.69, 9.17) is 0 Å². The Morgan fingerprint density at radius 1 is 1.04 bits per heavy atom. The van der Waals surface area contributed by atoms with Crippen molar-refractivity contribution in [1.29, 1.82) is 0 Å². The van der Waals surface area contributed by atoms with Crippen molar-refractivity contribution in [1.82, 2.24) is 19.6 Å². The Balaban J connectivity index is 1.71. The third-order valence-corrected chi connectivity index (χ3v) is 4.17. The minimum absolute atomic E-state index is 0.0982. The van der Waals surface area contributed by atoms with Gasteiger partial charge in [0, 0.05) is 44.9 Å². The Bertz CT molecular complexity index is 733. The maximum atomic E-state index is 12.5. The summed E-state index contributed by atoms with van der Waals surface area (Å²) < 4.78 is 1.52. The van der Waals surface area contributed by atoms with E-state index in [9.17, 15) is 9.59 Å². The summed E-state index contributed by atoms with van der Waals surface area (Å²) in [6.45, 7) is 3.10. The van der Waals surface area contributed by atoms with Gasteiger partial charge in [0.15, 0.2) is 5.69 Å². The van der Waals surface area contributed by atoms with Crippen molar-refractivity contribution in [2.75, 3.05) is 38.5 Å². The van der Waals surface area contributed by atoms with E-state index in [-0.39, 0.29) is 11.8 Å². The lowest BCUT2D eigenvalue weighted by molar-refractivity contribution is 0.0657. The van der Waals surface area contributed by atoms with E-state index < -0.39 is 0 Å². The molecule has 0 spiro atoms. The number of amides is 2. The SMILES string of the molecule is CN1CCN(C(=O)c2cc(NC(=O)c3ccccc3)n(C)n2)CC1. The molecular weight excluding hydrogens is 306 g/mol. The molecule has 1 saturated heterocycles. The number of aromatic nitrogens is 2. The van der Waals surface area contributed by atoms with Gasteiger partial charge in [0.25, 0.3) is 11.8 Å². The Labute approximate surface area is 140 Å². The number of piperazine rings is 1. The second kappa shape index (κ2) is 6.84. The van der Waals surface area contributed by atoms with Crippen molar-refractivity contribution < 1.29 is 9.59 Å². The number of hydrogen-bond donors (Lipinski definition) is 1. The lowest BCUT2D eigenvalue weighted by Crippen LogP contribution is -2.47. The van der Waals surface area contributed by atoms with E-state index in [0.717, 1.165) is 13.1 Å². The molecule has 1 aromatic carbocycles. The van der Waals surface area contributed by atoms with Crippen molar-refractivity contribution in [3.05, 3.63) is 47.7 Å². The quantitative estimate of drug-likeness (QED) is 0.915. The van der Waals surface area contributed by atoms with Crippen molar-refractivity contribution in [2.45, 2.75) is 0 Å². The molecule has 2 heterocycles. The number of carbonyl (C=O) groups is 2. The van der Waals surface area contributed by atoms with Gasteiger partial charge < -0.3 is 15.1 Å². The molecule has 24 heavy (non-hydrogen) atoms. The smallest absolute Gasteiger partial charge is 0.274 e. The molecule has 126 valence electrons. The van der Waals surface area contributed by atoms with Gasteiger partial charge in [0.1, 0.15) is 5.82 Å². The van der Waals surface area contributed by atoms with E-state index in [2.05, 4.69) is 15.3 Å². The lowest BCUT2D eigenvalue weighted by atomic mass is 10.2. The van der Waals surface area contributed by atoms with Crippen LogP contribution in [0.1, 0.15) is 20.8 Å². The molecular formula is C17H21N5O2. The number of rotatable bonds is 3. The lowest BCUT2D eigenvalue weighted by Gasteiger charge is -2.31. The number of nitrogens with one attached hydrogen (secondary N) is 1. The summed E-state index contributed by atoms with van der Waals surface area (Å²) >= 11 is 0. The molecule has 0 unspecified atom stereocenters. The monoisotopic (exact) mass is 327 g/mol. The molecule has 0 saturated carbocycles. The van der Waals surface area contributed by atoms with Crippen LogP contribution in [-0.4, -0.2) is 64.6 Å². The number of benzene rings is 1. The van der Waals surface area contributed by atoms with Crippen LogP contribution in [0.4, 0.5) is 5.82 Å². The van der Waals surface area contributed by atoms with Crippen LogP contribution in [0.15, 0.2) is 36.4 Å². The van der Waals surface area contributed by atoms with Gasteiger partial charge in [0.05, 0.1) is 0 Å². The number of nitrogens with zero attached hydrogens (tertiary/aromatic N) is 4. The second-order valence-corrected chi connectivity index (χ2v) is 5.95. The van der Waals surface area contributed by atoms with Gasteiger partial charge >= 0.3 is 0 Å². The first-order chi connectivity index (χ1) is 11.5. The average Bonchev–Trinajstić information content (AvgIpc) is 2.96. The summed E-state index contributed by atoms with van der Waals surface area (Å²) in [6, 6.07) is 10.6. The Kier molecular flexibility index (Phi) is 4.61. The summed E-state index contributed by atoms with van der Waals surface area (Å²) in [7, 11) is 3.75. The number of hydrogen-bond acceptors (Lipinski definition) is 4. The minimum Gasteiger partial charge on any atom is -0.335 e. The summed E-state index contributed by atoms with van der Waals surface area (Å²) in [5.41, 5.74) is 0.913. The minimum atomic E-state index is -0.225. The molecule has 0 radical (unpaired) electrons. The number of carbonyl (C=O) groups excluding carboxylic acids is 2. The maximum Gasteiger partial charge on any atom is 0.274 e. The molecule has 1 aliphatic heterocycles. The van der Waals surface area contributed by atoms with Crippen LogP contribution >= 0.6 is 0 Å². The zero-order valence-corrected chi connectivity index (χ0v) is 13.9. The fourth-order valence-corrected chi connectivity index (χ4v) is 2.64. The molecule has 1 aliphatic rings. The highest BCUT2D eigenvalue weighted by Gasteiger charge is 2.23. The molecule has 1 fully saturated rings. The third-order valence-electron chi connectivity index (χ3n) is 4.17. The largest absolute Gasteiger partial charge is 0.335 e. The van der Waals surface area contributed by atoms with E-state index in [1.165, 1.54) is 4.68 Å². The summed E-state index contributed by atoms with van der Waals surface area (Å²) in [5, 5.41) is 7.04. The molecule has 2 amide bonds. The van der Waals surface area contributed by atoms with E-state index >= 15 is 0 Å². The van der Waals surface area contributed by atoms with Gasteiger partial charge in [-0.1, -0.05) is 18.2 Å². The van der Waals surface area contributed by atoms with Crippen LogP contribution in [0.2, 0.25) is 0 Å². The molecule has 1 aromatic heterocycles. The summed E-state index contributed by atoms with van der Waals surface area (Å²) in [4.78, 5) is 28.8. The summed E-state index contributed by atoms with van der Waals surface area (Å²) in [5.74, 6) is 0.178. The van der Waals surface area contributed by atoms with Crippen molar-refractivity contribution in [2.24, 2.45) is 7.05 Å². The van der Waals surface area contributed by atoms with E-state index in [0.29, 0.717) is 30.2 Å². The average molecular weight is 327 g/mol. The van der Waals surface area contributed by atoms with Crippen LogP contribution in [-0.2, 0) is 7.05 Å². The van der Waals surface area contributed by atoms with Gasteiger partial charge in [-0.15, -0.1) is 0 Å². The molecule has 7 nitrogen and oxygen atoms in total. The van der Waals surface area contributed by atoms with Crippen LogP contribution in [0.3, 0.4) is 0 Å². The number of likely N-dealkylation sites (N-methyl/N-ethyl adjacent to an activating group) is 1. The molecule has 0 aliphatic carbocycles. The fraction of sp³-hybridized carbons (Fsp3) is 0.353. The zero-order valence-electron chi connectivity index (χ0n) is 13.9. The Morgan fingerprint density at radius 2 is 1.71 bits per heavy atom. The van der Waals surface area contributed by atoms with Gasteiger partial charge in [-0.2, -0.15) is 5.10 Å². The first-order valence-corrected chi connectivity index (χ1v) is 7.93. The predicted molar refractivity (Wildman–Crippen MR) is 91.0 cm³/mol. The molecule has 2 aromatic rings. The third kappa shape index (κ3) is 3.46. The normalized spacial score (nSPS) is 15.3. The van der Waals surface area contributed by atoms with Gasteiger partial charge in [0.2, 0.25) is 0 Å². The van der Waals surface area contributed by atoms with Gasteiger partial charge in [-0.05, 0) is 19.2 Å². The second-order valence-electron chi connectivity index (χ2n) is 5.95. The molecule has 3 rings (SSSR count).